The van der Waals surface area contributed by atoms with Crippen LogP contribution in [0.15, 0.2) is 40.2 Å². The summed E-state index contributed by atoms with van der Waals surface area (Å²) in [6.45, 7) is 4.11. The first kappa shape index (κ1) is 27.4. The number of hydrogen-bond donors (Lipinski definition) is 0. The second-order valence-electron chi connectivity index (χ2n) is 6.13. The zero-order chi connectivity index (χ0) is 22.1. The molecule has 3 nitrogen and oxygen atoms in total. The molecule has 2 aromatic carbocycles. The molecule has 0 atom stereocenters. The quantitative estimate of drug-likeness (QED) is 0.0613. The van der Waals surface area contributed by atoms with Gasteiger partial charge in [0.15, 0.2) is 5.82 Å². The molecule has 0 saturated carbocycles. The van der Waals surface area contributed by atoms with Crippen molar-refractivity contribution >= 4 is 79.9 Å². The molecular formula is C20H15F4I2N3SU. The van der Waals surface area contributed by atoms with Gasteiger partial charge in [0.1, 0.15) is 0 Å². The van der Waals surface area contributed by atoms with Crippen molar-refractivity contribution in [2.45, 2.75) is 33.1 Å². The van der Waals surface area contributed by atoms with E-state index >= 15 is 0 Å². The van der Waals surface area contributed by atoms with Crippen LogP contribution in [0.5, 0.6) is 0 Å². The Labute approximate surface area is 232 Å². The van der Waals surface area contributed by atoms with Gasteiger partial charge in [-0.1, -0.05) is 23.4 Å². The normalized spacial score (nSPS) is 12.5. The fraction of sp³-hybridized carbons (Fsp3) is 0.300. The number of rotatable bonds is 7. The maximum absolute atomic E-state index is 14.0. The number of alkyl halides is 6. The number of halogens is 6. The zero-order valence-electron chi connectivity index (χ0n) is 16.3. The summed E-state index contributed by atoms with van der Waals surface area (Å²) in [4.78, 5) is 9.08. The number of thioether (sulfide) groups is 1. The summed E-state index contributed by atoms with van der Waals surface area (Å²) in [6, 6.07) is 10.1. The number of hydrogen-bond acceptors (Lipinski definition) is 3. The number of benzene rings is 2. The van der Waals surface area contributed by atoms with Gasteiger partial charge < -0.3 is 9.56 Å². The van der Waals surface area contributed by atoms with Crippen LogP contribution in [0.1, 0.15) is 30.8 Å². The Balaban J connectivity index is 0.00000341. The molecule has 0 unspecified atom stereocenters. The van der Waals surface area contributed by atoms with Gasteiger partial charge in [-0.2, -0.15) is 47.5 Å². The van der Waals surface area contributed by atoms with Crippen LogP contribution in [0.3, 0.4) is 0 Å². The Morgan fingerprint density at radius 3 is 2.45 bits per heavy atom. The largest absolute Gasteiger partial charge is 2.00 e. The van der Waals surface area contributed by atoms with E-state index in [0.717, 1.165) is 55.8 Å². The van der Waals surface area contributed by atoms with Crippen LogP contribution in [-0.2, 0) is 14.4 Å². The van der Waals surface area contributed by atoms with Crippen LogP contribution >= 0.6 is 56.9 Å². The van der Waals surface area contributed by atoms with Crippen molar-refractivity contribution in [1.82, 2.24) is 9.55 Å². The van der Waals surface area contributed by atoms with Gasteiger partial charge in [-0.15, -0.1) is 17.3 Å². The van der Waals surface area contributed by atoms with Gasteiger partial charge >= 0.3 is 35.0 Å². The molecule has 11 heteroatoms. The molecule has 0 aliphatic rings. The van der Waals surface area contributed by atoms with Crippen molar-refractivity contribution in [1.29, 1.82) is 0 Å². The van der Waals surface area contributed by atoms with Crippen LogP contribution in [0.4, 0.5) is 23.2 Å². The van der Waals surface area contributed by atoms with Crippen LogP contribution < -0.4 is 0 Å². The number of imidazole rings is 1. The average molecular weight is 897 g/mol. The van der Waals surface area contributed by atoms with E-state index in [1.165, 1.54) is 34.5 Å². The van der Waals surface area contributed by atoms with Crippen molar-refractivity contribution in [3.8, 4) is 0 Å². The van der Waals surface area contributed by atoms with E-state index in [9.17, 15) is 17.6 Å². The van der Waals surface area contributed by atoms with E-state index in [1.807, 2.05) is 6.92 Å². The van der Waals surface area contributed by atoms with Crippen LogP contribution in [0.2, 0.25) is 0 Å². The summed E-state index contributed by atoms with van der Waals surface area (Å²) in [5.41, 5.74) is 1.58. The second kappa shape index (κ2) is 11.1. The Morgan fingerprint density at radius 2 is 1.87 bits per heavy atom. The molecule has 0 N–H and O–H groups in total. The third kappa shape index (κ3) is 6.61. The number of nitrogens with zero attached hydrogens (tertiary/aromatic N) is 3. The second-order valence-corrected chi connectivity index (χ2v) is 10.1. The van der Waals surface area contributed by atoms with E-state index in [4.69, 9.17) is 0 Å². The fourth-order valence-corrected chi connectivity index (χ4v) is 4.38. The molecule has 3 rings (SSSR count). The summed E-state index contributed by atoms with van der Waals surface area (Å²) in [5, 5.41) is 0. The molecule has 0 spiro atoms. The molecule has 0 aliphatic heterocycles. The van der Waals surface area contributed by atoms with Crippen LogP contribution in [-0.4, -0.2) is 21.5 Å². The molecule has 0 aliphatic carbocycles. The first-order valence-corrected chi connectivity index (χ1v) is 12.0. The Morgan fingerprint density at radius 1 is 1.16 bits per heavy atom. The summed E-state index contributed by atoms with van der Waals surface area (Å²) >= 11 is 3.64. The minimum atomic E-state index is -3.11. The minimum Gasteiger partial charge on any atom is -0.378 e. The Kier molecular flexibility index (Phi) is 9.78. The predicted molar refractivity (Wildman–Crippen MR) is 129 cm³/mol. The maximum atomic E-state index is 14.0. The van der Waals surface area contributed by atoms with Crippen molar-refractivity contribution in [2.75, 3.05) is 5.75 Å². The molecule has 1 heterocycles. The molecule has 0 radical (unpaired) electrons. The molecule has 31 heavy (non-hydrogen) atoms. The topological polar surface area (TPSA) is 30.2 Å². The SMILES string of the molecule is CCSc1cc2c(cc1[C-]=Nc1[c-]ccc(C(F)(F)I)c1)nc(C(F)(F)I)n2CC.[U+2]. The van der Waals surface area contributed by atoms with Gasteiger partial charge in [0.2, 0.25) is 0 Å². The predicted octanol–water partition coefficient (Wildman–Crippen LogP) is 7.56. The maximum Gasteiger partial charge on any atom is 2.00 e. The molecule has 162 valence electrons. The molecule has 1 aromatic heterocycles. The first-order chi connectivity index (χ1) is 14.0. The summed E-state index contributed by atoms with van der Waals surface area (Å²) in [5.74, 6) is 0.436. The number of aryl methyl sites for hydroxylation is 1. The fourth-order valence-electron chi connectivity index (χ4n) is 2.87. The number of aromatic nitrogens is 2. The minimum absolute atomic E-state index is 0. The van der Waals surface area contributed by atoms with Crippen LogP contribution in [0, 0.1) is 37.2 Å². The van der Waals surface area contributed by atoms with Gasteiger partial charge in [0.05, 0.1) is 5.52 Å². The smallest absolute Gasteiger partial charge is 0.378 e. The molecule has 0 saturated heterocycles. The van der Waals surface area contributed by atoms with Crippen molar-refractivity contribution in [3.63, 3.8) is 0 Å². The molecule has 0 bridgehead atoms. The summed E-state index contributed by atoms with van der Waals surface area (Å²) in [6.07, 6.45) is 2.86. The number of aliphatic imine (C=N–C) groups is 1. The summed E-state index contributed by atoms with van der Waals surface area (Å²) < 4.78 is 50.4. The van der Waals surface area contributed by atoms with E-state index < -0.39 is 7.86 Å². The van der Waals surface area contributed by atoms with E-state index in [0.29, 0.717) is 23.1 Å². The van der Waals surface area contributed by atoms with Gasteiger partial charge in [-0.25, -0.2) is 11.1 Å². The zero-order valence-corrected chi connectivity index (χ0v) is 25.6. The third-order valence-electron chi connectivity index (χ3n) is 4.13. The van der Waals surface area contributed by atoms with Gasteiger partial charge in [0, 0.05) is 57.2 Å². The van der Waals surface area contributed by atoms with E-state index in [1.54, 1.807) is 19.1 Å². The monoisotopic (exact) mass is 897 g/mol. The molecular weight excluding hydrogens is 882 g/mol. The van der Waals surface area contributed by atoms with Gasteiger partial charge in [0.25, 0.3) is 3.93 Å². The molecule has 0 amide bonds. The van der Waals surface area contributed by atoms with Crippen molar-refractivity contribution < 1.29 is 48.7 Å². The van der Waals surface area contributed by atoms with Crippen LogP contribution in [0.25, 0.3) is 11.0 Å². The van der Waals surface area contributed by atoms with Crippen molar-refractivity contribution in [3.05, 3.63) is 53.3 Å². The van der Waals surface area contributed by atoms with E-state index in [2.05, 4.69) is 22.3 Å². The molecule has 0 fully saturated rings. The first-order valence-electron chi connectivity index (χ1n) is 8.84. The third-order valence-corrected chi connectivity index (χ3v) is 6.17. The van der Waals surface area contributed by atoms with Crippen molar-refractivity contribution in [2.24, 2.45) is 4.99 Å². The van der Waals surface area contributed by atoms with E-state index in [-0.39, 0.29) is 48.2 Å². The summed E-state index contributed by atoms with van der Waals surface area (Å²) in [7, 11) is 0. The standard InChI is InChI=1S/C20H15F4I2N3S.U/c1-3-29-16-10-17(30-4-2)12(8-15(16)28-18(29)20(23,24)26)11-27-14-7-5-6-13(9-14)19(21,22)25;/h5-6,8-10H,3-4H2,1-2H3;/q-2;+2. The number of fused-ring (bicyclic) bond motifs is 1. The average Bonchev–Trinajstić information content (AvgIpc) is 3.04. The molecule has 3 aromatic rings. The van der Waals surface area contributed by atoms with Gasteiger partial charge in [-0.3, -0.25) is 0 Å². The Bertz CT molecular complexity index is 1090. The Hall–Kier alpha value is 0.162. The van der Waals surface area contributed by atoms with Gasteiger partial charge in [-0.05, 0) is 18.9 Å².